The Morgan fingerprint density at radius 3 is 2.42 bits per heavy atom. The van der Waals surface area contributed by atoms with E-state index in [-0.39, 0.29) is 5.82 Å². The molecule has 0 fully saturated rings. The van der Waals surface area contributed by atoms with Gasteiger partial charge in [-0.3, -0.25) is 4.90 Å². The molecule has 0 unspecified atom stereocenters. The number of rotatable bonds is 8. The maximum atomic E-state index is 13.5. The SMILES string of the molecule is CCCCCN(Cc1cc(F)cc(CN)c1)C(C)C. The first-order chi connectivity index (χ1) is 9.06. The van der Waals surface area contributed by atoms with E-state index in [1.807, 2.05) is 6.07 Å². The highest BCUT2D eigenvalue weighted by molar-refractivity contribution is 5.24. The minimum Gasteiger partial charge on any atom is -0.326 e. The number of hydrogen-bond donors (Lipinski definition) is 1. The highest BCUT2D eigenvalue weighted by Crippen LogP contribution is 2.14. The van der Waals surface area contributed by atoms with Crippen LogP contribution in [-0.4, -0.2) is 17.5 Å². The Hall–Kier alpha value is -0.930. The molecule has 1 aromatic carbocycles. The average molecular weight is 266 g/mol. The molecule has 1 aromatic rings. The molecule has 0 aliphatic carbocycles. The summed E-state index contributed by atoms with van der Waals surface area (Å²) >= 11 is 0. The average Bonchev–Trinajstić information content (AvgIpc) is 2.37. The Balaban J connectivity index is 2.69. The van der Waals surface area contributed by atoms with Crippen LogP contribution in [0.1, 0.15) is 51.2 Å². The molecular weight excluding hydrogens is 239 g/mol. The van der Waals surface area contributed by atoms with Crippen molar-refractivity contribution in [1.29, 1.82) is 0 Å². The number of halogens is 1. The Kier molecular flexibility index (Phi) is 7.03. The van der Waals surface area contributed by atoms with Gasteiger partial charge in [-0.2, -0.15) is 0 Å². The van der Waals surface area contributed by atoms with Crippen LogP contribution in [0.2, 0.25) is 0 Å². The zero-order valence-corrected chi connectivity index (χ0v) is 12.5. The van der Waals surface area contributed by atoms with Gasteiger partial charge in [-0.1, -0.05) is 25.8 Å². The van der Waals surface area contributed by atoms with Crippen molar-refractivity contribution >= 4 is 0 Å². The third-order valence-electron chi connectivity index (χ3n) is 3.42. The molecule has 2 nitrogen and oxygen atoms in total. The summed E-state index contributed by atoms with van der Waals surface area (Å²) in [5.74, 6) is -0.185. The van der Waals surface area contributed by atoms with Gasteiger partial charge in [0, 0.05) is 19.1 Å². The van der Waals surface area contributed by atoms with Crippen LogP contribution in [0.5, 0.6) is 0 Å². The summed E-state index contributed by atoms with van der Waals surface area (Å²) in [7, 11) is 0. The maximum absolute atomic E-state index is 13.5. The summed E-state index contributed by atoms with van der Waals surface area (Å²) in [6.07, 6.45) is 3.68. The first kappa shape index (κ1) is 16.1. The van der Waals surface area contributed by atoms with Crippen LogP contribution >= 0.6 is 0 Å². The van der Waals surface area contributed by atoms with E-state index in [4.69, 9.17) is 5.73 Å². The fourth-order valence-electron chi connectivity index (χ4n) is 2.25. The highest BCUT2D eigenvalue weighted by Gasteiger charge is 2.11. The van der Waals surface area contributed by atoms with Crippen LogP contribution in [-0.2, 0) is 13.1 Å². The zero-order chi connectivity index (χ0) is 14.3. The first-order valence-corrected chi connectivity index (χ1v) is 7.29. The number of hydrogen-bond acceptors (Lipinski definition) is 2. The van der Waals surface area contributed by atoms with Gasteiger partial charge in [-0.15, -0.1) is 0 Å². The van der Waals surface area contributed by atoms with Gasteiger partial charge in [0.1, 0.15) is 5.82 Å². The summed E-state index contributed by atoms with van der Waals surface area (Å²) in [6.45, 7) is 8.85. The summed E-state index contributed by atoms with van der Waals surface area (Å²) < 4.78 is 13.5. The predicted molar refractivity (Wildman–Crippen MR) is 79.4 cm³/mol. The second-order valence-electron chi connectivity index (χ2n) is 5.44. The van der Waals surface area contributed by atoms with Crippen molar-refractivity contribution < 1.29 is 4.39 Å². The summed E-state index contributed by atoms with van der Waals surface area (Å²) in [4.78, 5) is 2.39. The fraction of sp³-hybridized carbons (Fsp3) is 0.625. The molecule has 0 amide bonds. The lowest BCUT2D eigenvalue weighted by molar-refractivity contribution is 0.208. The molecule has 0 spiro atoms. The lowest BCUT2D eigenvalue weighted by Crippen LogP contribution is -2.31. The van der Waals surface area contributed by atoms with Crippen LogP contribution in [0.4, 0.5) is 4.39 Å². The predicted octanol–water partition coefficient (Wildman–Crippen LogP) is 3.69. The molecule has 0 aromatic heterocycles. The van der Waals surface area contributed by atoms with Crippen LogP contribution < -0.4 is 5.73 Å². The maximum Gasteiger partial charge on any atom is 0.123 e. The number of nitrogens with two attached hydrogens (primary N) is 1. The molecule has 0 saturated heterocycles. The normalized spacial score (nSPS) is 11.5. The summed E-state index contributed by atoms with van der Waals surface area (Å²) in [6, 6.07) is 5.62. The van der Waals surface area contributed by atoms with E-state index < -0.39 is 0 Å². The van der Waals surface area contributed by atoms with E-state index in [1.165, 1.54) is 25.3 Å². The van der Waals surface area contributed by atoms with Gasteiger partial charge in [0.2, 0.25) is 0 Å². The van der Waals surface area contributed by atoms with Crippen molar-refractivity contribution in [2.75, 3.05) is 6.54 Å². The van der Waals surface area contributed by atoms with Gasteiger partial charge in [0.05, 0.1) is 0 Å². The highest BCUT2D eigenvalue weighted by atomic mass is 19.1. The molecule has 0 heterocycles. The third kappa shape index (κ3) is 5.70. The first-order valence-electron chi connectivity index (χ1n) is 7.29. The Morgan fingerprint density at radius 2 is 1.84 bits per heavy atom. The van der Waals surface area contributed by atoms with Crippen molar-refractivity contribution in [3.63, 3.8) is 0 Å². The van der Waals surface area contributed by atoms with Gasteiger partial charge in [-0.05, 0) is 50.1 Å². The van der Waals surface area contributed by atoms with Gasteiger partial charge < -0.3 is 5.73 Å². The molecule has 2 N–H and O–H groups in total. The Labute approximate surface area is 116 Å². The van der Waals surface area contributed by atoms with Crippen LogP contribution in [0, 0.1) is 5.82 Å². The van der Waals surface area contributed by atoms with Gasteiger partial charge in [-0.25, -0.2) is 4.39 Å². The van der Waals surface area contributed by atoms with Crippen LogP contribution in [0.25, 0.3) is 0 Å². The largest absolute Gasteiger partial charge is 0.326 e. The van der Waals surface area contributed by atoms with Crippen LogP contribution in [0.3, 0.4) is 0 Å². The standard InChI is InChI=1S/C16H27FN2/c1-4-5-6-7-19(13(2)3)12-15-8-14(11-18)9-16(17)10-15/h8-10,13H,4-7,11-12,18H2,1-3H3. The topological polar surface area (TPSA) is 29.3 Å². The second-order valence-corrected chi connectivity index (χ2v) is 5.44. The van der Waals surface area contributed by atoms with E-state index in [9.17, 15) is 4.39 Å². The fourth-order valence-corrected chi connectivity index (χ4v) is 2.25. The van der Waals surface area contributed by atoms with Crippen molar-refractivity contribution in [3.8, 4) is 0 Å². The van der Waals surface area contributed by atoms with E-state index in [0.717, 1.165) is 24.2 Å². The van der Waals surface area contributed by atoms with E-state index in [0.29, 0.717) is 12.6 Å². The molecule has 1 rings (SSSR count). The lowest BCUT2D eigenvalue weighted by atomic mass is 10.1. The molecule has 0 aliphatic rings. The number of nitrogens with zero attached hydrogens (tertiary/aromatic N) is 1. The summed E-state index contributed by atoms with van der Waals surface area (Å²) in [5.41, 5.74) is 7.48. The Bertz CT molecular complexity index is 377. The molecule has 0 aliphatic heterocycles. The monoisotopic (exact) mass is 266 g/mol. The molecule has 0 radical (unpaired) electrons. The van der Waals surface area contributed by atoms with Crippen molar-refractivity contribution in [2.24, 2.45) is 5.73 Å². The van der Waals surface area contributed by atoms with Gasteiger partial charge in [0.25, 0.3) is 0 Å². The lowest BCUT2D eigenvalue weighted by Gasteiger charge is -2.26. The molecule has 3 heteroatoms. The van der Waals surface area contributed by atoms with Gasteiger partial charge >= 0.3 is 0 Å². The quantitative estimate of drug-likeness (QED) is 0.727. The van der Waals surface area contributed by atoms with Crippen molar-refractivity contribution in [1.82, 2.24) is 4.90 Å². The van der Waals surface area contributed by atoms with Crippen LogP contribution in [0.15, 0.2) is 18.2 Å². The van der Waals surface area contributed by atoms with Crippen molar-refractivity contribution in [3.05, 3.63) is 35.1 Å². The van der Waals surface area contributed by atoms with Gasteiger partial charge in [0.15, 0.2) is 0 Å². The molecular formula is C16H27FN2. The zero-order valence-electron chi connectivity index (χ0n) is 12.5. The molecule has 19 heavy (non-hydrogen) atoms. The molecule has 0 bridgehead atoms. The van der Waals surface area contributed by atoms with Crippen molar-refractivity contribution in [2.45, 2.75) is 59.2 Å². The molecule has 108 valence electrons. The third-order valence-corrected chi connectivity index (χ3v) is 3.42. The molecule has 0 saturated carbocycles. The van der Waals surface area contributed by atoms with E-state index in [1.54, 1.807) is 6.07 Å². The molecule has 0 atom stereocenters. The van der Waals surface area contributed by atoms with E-state index >= 15 is 0 Å². The second kappa shape index (κ2) is 8.28. The number of unbranched alkanes of at least 4 members (excludes halogenated alkanes) is 2. The Morgan fingerprint density at radius 1 is 1.16 bits per heavy atom. The van der Waals surface area contributed by atoms with E-state index in [2.05, 4.69) is 25.7 Å². The summed E-state index contributed by atoms with van der Waals surface area (Å²) in [5, 5.41) is 0. The number of benzene rings is 1. The smallest absolute Gasteiger partial charge is 0.123 e. The minimum atomic E-state index is -0.185. The minimum absolute atomic E-state index is 0.185.